The molecule has 0 atom stereocenters. The molecule has 0 aromatic heterocycles. The standard InChI is InChI=1S/C20H23N3O2.C6H16N2/c1-16-7-3-6-10-19(16)22(11-12-24)15-20(25)21(2)23-13-17-8-4-5-9-18(17)14-23;1-6(2)8-5-4-7-3/h3-10,12H,11,13-15H2,1-2H3;6-8H,4-5H2,1-3H3. The lowest BCUT2D eigenvalue weighted by Crippen LogP contribution is -2.46. The summed E-state index contributed by atoms with van der Waals surface area (Å²) in [6.07, 6.45) is 0.839. The van der Waals surface area contributed by atoms with Gasteiger partial charge >= 0.3 is 0 Å². The van der Waals surface area contributed by atoms with Crippen LogP contribution in [0.3, 0.4) is 0 Å². The maximum absolute atomic E-state index is 12.8. The van der Waals surface area contributed by atoms with Gasteiger partial charge in [0.15, 0.2) is 0 Å². The molecule has 0 unspecified atom stereocenters. The van der Waals surface area contributed by atoms with E-state index in [-0.39, 0.29) is 19.0 Å². The first-order valence-corrected chi connectivity index (χ1v) is 11.6. The molecule has 2 aromatic carbocycles. The van der Waals surface area contributed by atoms with Gasteiger partial charge < -0.3 is 20.3 Å². The van der Waals surface area contributed by atoms with Crippen LogP contribution in [0.1, 0.15) is 30.5 Å². The smallest absolute Gasteiger partial charge is 0.256 e. The Labute approximate surface area is 198 Å². The van der Waals surface area contributed by atoms with Gasteiger partial charge in [0, 0.05) is 45.0 Å². The molecule has 1 aliphatic rings. The summed E-state index contributed by atoms with van der Waals surface area (Å²) in [7, 11) is 3.76. The molecule has 3 rings (SSSR count). The number of hydrogen-bond acceptors (Lipinski definition) is 6. The van der Waals surface area contributed by atoms with Crippen LogP contribution in [-0.2, 0) is 22.7 Å². The summed E-state index contributed by atoms with van der Waals surface area (Å²) >= 11 is 0. The molecule has 0 fully saturated rings. The van der Waals surface area contributed by atoms with Crippen molar-refractivity contribution < 1.29 is 9.59 Å². The van der Waals surface area contributed by atoms with Gasteiger partial charge in [-0.05, 0) is 36.7 Å². The van der Waals surface area contributed by atoms with Crippen LogP contribution in [0.2, 0.25) is 0 Å². The van der Waals surface area contributed by atoms with Crippen molar-refractivity contribution in [2.75, 3.05) is 45.2 Å². The van der Waals surface area contributed by atoms with Crippen molar-refractivity contribution in [2.24, 2.45) is 0 Å². The van der Waals surface area contributed by atoms with Crippen LogP contribution in [0.5, 0.6) is 0 Å². The van der Waals surface area contributed by atoms with Crippen molar-refractivity contribution in [1.82, 2.24) is 20.7 Å². The van der Waals surface area contributed by atoms with E-state index in [1.54, 1.807) is 12.1 Å². The maximum Gasteiger partial charge on any atom is 0.256 e. The van der Waals surface area contributed by atoms with Crippen LogP contribution in [0.15, 0.2) is 48.5 Å². The first kappa shape index (κ1) is 26.5. The highest BCUT2D eigenvalue weighted by Crippen LogP contribution is 2.24. The Bertz CT molecular complexity index is 861. The molecule has 0 bridgehead atoms. The molecular formula is C26H39N5O2. The molecule has 2 N–H and O–H groups in total. The Kier molecular flexibility index (Phi) is 11.0. The number of nitrogens with zero attached hydrogens (tertiary/aromatic N) is 3. The maximum atomic E-state index is 12.8. The molecule has 1 aliphatic heterocycles. The van der Waals surface area contributed by atoms with E-state index in [9.17, 15) is 9.59 Å². The summed E-state index contributed by atoms with van der Waals surface area (Å²) in [5, 5.41) is 10.1. The van der Waals surface area contributed by atoms with E-state index in [4.69, 9.17) is 0 Å². The normalized spacial score (nSPS) is 12.7. The minimum atomic E-state index is -0.0297. The highest BCUT2D eigenvalue weighted by atomic mass is 16.2. The summed E-state index contributed by atoms with van der Waals surface area (Å²) in [6.45, 7) is 10.2. The predicted molar refractivity (Wildman–Crippen MR) is 135 cm³/mol. The summed E-state index contributed by atoms with van der Waals surface area (Å²) < 4.78 is 0. The summed E-state index contributed by atoms with van der Waals surface area (Å²) in [6, 6.07) is 16.7. The lowest BCUT2D eigenvalue weighted by atomic mass is 10.1. The van der Waals surface area contributed by atoms with E-state index in [0.717, 1.165) is 43.7 Å². The van der Waals surface area contributed by atoms with Crippen LogP contribution >= 0.6 is 0 Å². The second-order valence-electron chi connectivity index (χ2n) is 8.55. The van der Waals surface area contributed by atoms with E-state index in [1.165, 1.54) is 11.1 Å². The third-order valence-corrected chi connectivity index (χ3v) is 5.61. The fourth-order valence-corrected chi connectivity index (χ4v) is 3.69. The Balaban J connectivity index is 0.000000414. The molecule has 0 spiro atoms. The number of para-hydroxylation sites is 1. The van der Waals surface area contributed by atoms with Crippen LogP contribution in [-0.4, -0.2) is 68.5 Å². The second-order valence-corrected chi connectivity index (χ2v) is 8.55. The average Bonchev–Trinajstić information content (AvgIpc) is 3.23. The van der Waals surface area contributed by atoms with Gasteiger partial charge in [0.05, 0.1) is 13.1 Å². The largest absolute Gasteiger partial charge is 0.355 e. The first-order valence-electron chi connectivity index (χ1n) is 11.6. The fraction of sp³-hybridized carbons (Fsp3) is 0.462. The quantitative estimate of drug-likeness (QED) is 0.426. The predicted octanol–water partition coefficient (Wildman–Crippen LogP) is 2.59. The van der Waals surface area contributed by atoms with Gasteiger partial charge in [-0.25, -0.2) is 5.01 Å². The Morgan fingerprint density at radius 3 is 2.21 bits per heavy atom. The zero-order valence-corrected chi connectivity index (χ0v) is 20.7. The molecule has 0 saturated carbocycles. The Morgan fingerprint density at radius 2 is 1.67 bits per heavy atom. The van der Waals surface area contributed by atoms with Gasteiger partial charge in [0.2, 0.25) is 0 Å². The van der Waals surface area contributed by atoms with Gasteiger partial charge in [-0.15, -0.1) is 0 Å². The Morgan fingerprint density at radius 1 is 1.06 bits per heavy atom. The second kappa shape index (κ2) is 13.7. The number of nitrogens with one attached hydrogen (secondary N) is 2. The van der Waals surface area contributed by atoms with E-state index in [0.29, 0.717) is 6.04 Å². The third kappa shape index (κ3) is 8.28. The van der Waals surface area contributed by atoms with Gasteiger partial charge in [0.25, 0.3) is 5.91 Å². The van der Waals surface area contributed by atoms with Gasteiger partial charge in [-0.3, -0.25) is 9.80 Å². The summed E-state index contributed by atoms with van der Waals surface area (Å²) in [4.78, 5) is 25.7. The van der Waals surface area contributed by atoms with Gasteiger partial charge in [0.1, 0.15) is 6.29 Å². The Hall–Kier alpha value is -2.74. The van der Waals surface area contributed by atoms with Crippen molar-refractivity contribution >= 4 is 17.9 Å². The van der Waals surface area contributed by atoms with Crippen molar-refractivity contribution in [1.29, 1.82) is 0 Å². The molecule has 7 heteroatoms. The lowest BCUT2D eigenvalue weighted by Gasteiger charge is -2.31. The number of fused-ring (bicyclic) bond motifs is 1. The first-order chi connectivity index (χ1) is 15.9. The van der Waals surface area contributed by atoms with Crippen molar-refractivity contribution in [3.8, 4) is 0 Å². The van der Waals surface area contributed by atoms with Crippen molar-refractivity contribution in [3.05, 3.63) is 65.2 Å². The number of carbonyl (C=O) groups is 2. The topological polar surface area (TPSA) is 67.9 Å². The zero-order chi connectivity index (χ0) is 24.2. The fourth-order valence-electron chi connectivity index (χ4n) is 3.69. The highest BCUT2D eigenvalue weighted by Gasteiger charge is 2.26. The molecular weight excluding hydrogens is 414 g/mol. The van der Waals surface area contributed by atoms with Crippen LogP contribution in [0, 0.1) is 6.92 Å². The number of aryl methyl sites for hydroxylation is 1. The third-order valence-electron chi connectivity index (χ3n) is 5.61. The molecule has 33 heavy (non-hydrogen) atoms. The van der Waals surface area contributed by atoms with Gasteiger partial charge in [-0.2, -0.15) is 0 Å². The van der Waals surface area contributed by atoms with Crippen LogP contribution < -0.4 is 15.5 Å². The van der Waals surface area contributed by atoms with Crippen molar-refractivity contribution in [3.63, 3.8) is 0 Å². The number of carbonyl (C=O) groups excluding carboxylic acids is 2. The number of rotatable bonds is 10. The molecule has 180 valence electrons. The summed E-state index contributed by atoms with van der Waals surface area (Å²) in [5.74, 6) is -0.0297. The van der Waals surface area contributed by atoms with E-state index in [2.05, 4.69) is 36.6 Å². The van der Waals surface area contributed by atoms with Crippen LogP contribution in [0.25, 0.3) is 0 Å². The summed E-state index contributed by atoms with van der Waals surface area (Å²) in [5.41, 5.74) is 4.48. The minimum absolute atomic E-state index is 0.0297. The molecule has 1 amide bonds. The number of anilines is 1. The monoisotopic (exact) mass is 453 g/mol. The number of aldehydes is 1. The van der Waals surface area contributed by atoms with E-state index >= 15 is 0 Å². The highest BCUT2D eigenvalue weighted by molar-refractivity contribution is 5.82. The zero-order valence-electron chi connectivity index (χ0n) is 20.7. The molecule has 0 saturated heterocycles. The number of likely N-dealkylation sites (N-methyl/N-ethyl adjacent to an activating group) is 2. The number of benzene rings is 2. The number of hydrazine groups is 1. The van der Waals surface area contributed by atoms with Crippen molar-refractivity contribution in [2.45, 2.75) is 39.9 Å². The minimum Gasteiger partial charge on any atom is -0.355 e. The molecule has 0 radical (unpaired) electrons. The van der Waals surface area contributed by atoms with Crippen LogP contribution in [0.4, 0.5) is 5.69 Å². The molecule has 0 aliphatic carbocycles. The molecule has 7 nitrogen and oxygen atoms in total. The van der Waals surface area contributed by atoms with Gasteiger partial charge in [-0.1, -0.05) is 56.3 Å². The van der Waals surface area contributed by atoms with E-state index in [1.807, 2.05) is 60.3 Å². The van der Waals surface area contributed by atoms with E-state index < -0.39 is 0 Å². The SMILES string of the molecule is CNCCNC(C)C.Cc1ccccc1N(CC=O)CC(=O)N(C)N1Cc2ccccc2C1. The number of amides is 1. The lowest BCUT2D eigenvalue weighted by molar-refractivity contribution is -0.145. The molecule has 2 aromatic rings. The molecule has 1 heterocycles. The number of hydrogen-bond donors (Lipinski definition) is 2. The average molecular weight is 454 g/mol.